The third-order valence-electron chi connectivity index (χ3n) is 9.76. The first kappa shape index (κ1) is 25.6. The van der Waals surface area contributed by atoms with Gasteiger partial charge in [0.05, 0.1) is 16.1 Å². The van der Waals surface area contributed by atoms with Crippen LogP contribution >= 0.6 is 23.2 Å². The molecule has 0 unspecified atom stereocenters. The quantitative estimate of drug-likeness (QED) is 0.286. The van der Waals surface area contributed by atoms with Gasteiger partial charge in [0.2, 0.25) is 5.91 Å². The number of nitrogens with zero attached hydrogens (tertiary/aromatic N) is 4. The summed E-state index contributed by atoms with van der Waals surface area (Å²) in [6.45, 7) is 1.56. The summed E-state index contributed by atoms with van der Waals surface area (Å²) in [5.41, 5.74) is 3.93. The van der Waals surface area contributed by atoms with Crippen LogP contribution in [0.1, 0.15) is 48.0 Å². The van der Waals surface area contributed by atoms with Crippen molar-refractivity contribution < 1.29 is 9.18 Å². The summed E-state index contributed by atoms with van der Waals surface area (Å²) in [6, 6.07) is 17.1. The van der Waals surface area contributed by atoms with E-state index in [2.05, 4.69) is 37.9 Å². The highest BCUT2D eigenvalue weighted by Gasteiger charge is 2.69. The van der Waals surface area contributed by atoms with E-state index in [1.165, 1.54) is 0 Å². The molecule has 210 valence electrons. The van der Waals surface area contributed by atoms with Gasteiger partial charge in [-0.1, -0.05) is 41.4 Å². The molecule has 0 bridgehead atoms. The lowest BCUT2D eigenvalue weighted by Crippen LogP contribution is -2.53. The number of hydrogen-bond acceptors (Lipinski definition) is 4. The molecular formula is C32H30Cl2FN5O. The lowest BCUT2D eigenvalue weighted by Gasteiger charge is -2.40. The maximum absolute atomic E-state index is 16.2. The number of fused-ring (bicyclic) bond motifs is 7. The van der Waals surface area contributed by atoms with Crippen molar-refractivity contribution in [1.29, 1.82) is 0 Å². The molecule has 4 aliphatic rings. The largest absolute Gasteiger partial charge is 0.378 e. The number of anilines is 2. The number of hydrogen-bond donors (Lipinski definition) is 1. The number of carbonyl (C=O) groups is 1. The second-order valence-corrected chi connectivity index (χ2v) is 13.0. The molecule has 1 spiro atoms. The Balaban J connectivity index is 1.43. The summed E-state index contributed by atoms with van der Waals surface area (Å²) >= 11 is 12.8. The Morgan fingerprint density at radius 3 is 2.71 bits per heavy atom. The van der Waals surface area contributed by atoms with Crippen molar-refractivity contribution in [2.75, 3.05) is 30.9 Å². The number of aryl methyl sites for hydroxylation is 1. The highest BCUT2D eigenvalue weighted by atomic mass is 35.5. The molecule has 1 amide bonds. The van der Waals surface area contributed by atoms with Gasteiger partial charge < -0.3 is 14.8 Å². The van der Waals surface area contributed by atoms with Crippen LogP contribution in [0.25, 0.3) is 11.0 Å². The van der Waals surface area contributed by atoms with Gasteiger partial charge in [-0.2, -0.15) is 0 Å². The molecule has 1 aromatic heterocycles. The Hall–Kier alpha value is -3.13. The molecule has 8 rings (SSSR count). The van der Waals surface area contributed by atoms with Crippen LogP contribution in [0.5, 0.6) is 0 Å². The monoisotopic (exact) mass is 589 g/mol. The number of halogens is 3. The highest BCUT2D eigenvalue weighted by molar-refractivity contribution is 6.31. The molecule has 1 saturated carbocycles. The maximum atomic E-state index is 16.2. The first-order valence-electron chi connectivity index (χ1n) is 14.3. The van der Waals surface area contributed by atoms with Gasteiger partial charge >= 0.3 is 0 Å². The van der Waals surface area contributed by atoms with Crippen LogP contribution in [-0.2, 0) is 16.9 Å². The summed E-state index contributed by atoms with van der Waals surface area (Å²) in [7, 11) is 4.04. The van der Waals surface area contributed by atoms with Crippen molar-refractivity contribution in [2.24, 2.45) is 5.92 Å². The molecule has 0 radical (unpaired) electrons. The topological polar surface area (TPSA) is 53.4 Å². The molecule has 41 heavy (non-hydrogen) atoms. The standard InChI is InChI=1S/C32H30Cl2FN5O/c1-38(2)19-9-11-25-24(15-19)36-30-27-26(12-13-39(25)30)40(16-17-6-7-17)32(28(27)20-4-3-5-22(34)29(20)35)21-10-8-18(33)14-23(21)37-31(32)41/h3-5,8-11,14-15,17,26-28H,6-7,12-13,16H2,1-2H3,(H,37,41)/t26-,27+,28-,32+/m0/s1. The molecule has 2 fully saturated rings. The lowest BCUT2D eigenvalue weighted by molar-refractivity contribution is -0.128. The number of rotatable bonds is 4. The minimum Gasteiger partial charge on any atom is -0.378 e. The van der Waals surface area contributed by atoms with E-state index in [1.54, 1.807) is 18.2 Å². The van der Waals surface area contributed by atoms with Crippen molar-refractivity contribution in [3.05, 3.63) is 87.4 Å². The number of imidazole rings is 1. The Kier molecular flexibility index (Phi) is 5.57. The number of likely N-dealkylation sites (tertiary alicyclic amines) is 1. The van der Waals surface area contributed by atoms with E-state index < -0.39 is 17.3 Å². The number of benzene rings is 3. The summed E-state index contributed by atoms with van der Waals surface area (Å²) in [5.74, 6) is 0.0534. The molecule has 4 heterocycles. The fraction of sp³-hybridized carbons (Fsp3) is 0.375. The van der Waals surface area contributed by atoms with E-state index in [0.717, 1.165) is 60.5 Å². The zero-order valence-corrected chi connectivity index (χ0v) is 24.4. The highest BCUT2D eigenvalue weighted by Crippen LogP contribution is 2.64. The fourth-order valence-electron chi connectivity index (χ4n) is 7.86. The predicted molar refractivity (Wildman–Crippen MR) is 161 cm³/mol. The fourth-order valence-corrected chi connectivity index (χ4v) is 8.22. The van der Waals surface area contributed by atoms with Gasteiger partial charge in [-0.05, 0) is 67.1 Å². The molecule has 4 atom stereocenters. The number of amides is 1. The zero-order valence-electron chi connectivity index (χ0n) is 22.9. The van der Waals surface area contributed by atoms with Gasteiger partial charge in [0.1, 0.15) is 17.2 Å². The van der Waals surface area contributed by atoms with Crippen LogP contribution in [0.4, 0.5) is 15.8 Å². The van der Waals surface area contributed by atoms with Crippen molar-refractivity contribution in [2.45, 2.75) is 49.2 Å². The van der Waals surface area contributed by atoms with Crippen LogP contribution in [0, 0.1) is 11.7 Å². The van der Waals surface area contributed by atoms with Crippen LogP contribution in [-0.4, -0.2) is 47.0 Å². The second kappa shape index (κ2) is 8.93. The molecule has 3 aliphatic heterocycles. The van der Waals surface area contributed by atoms with E-state index in [4.69, 9.17) is 28.2 Å². The molecule has 1 N–H and O–H groups in total. The molecule has 1 saturated heterocycles. The van der Waals surface area contributed by atoms with Gasteiger partial charge in [-0.3, -0.25) is 9.69 Å². The Morgan fingerprint density at radius 1 is 1.10 bits per heavy atom. The zero-order chi connectivity index (χ0) is 28.2. The van der Waals surface area contributed by atoms with E-state index >= 15 is 4.39 Å². The van der Waals surface area contributed by atoms with Gasteiger partial charge in [0, 0.05) is 67.0 Å². The molecule has 6 nitrogen and oxygen atoms in total. The molecule has 1 aliphatic carbocycles. The van der Waals surface area contributed by atoms with Crippen LogP contribution in [0.3, 0.4) is 0 Å². The van der Waals surface area contributed by atoms with Gasteiger partial charge in [-0.15, -0.1) is 0 Å². The first-order valence-corrected chi connectivity index (χ1v) is 15.0. The maximum Gasteiger partial charge on any atom is 0.250 e. The molecular weight excluding hydrogens is 560 g/mol. The Morgan fingerprint density at radius 2 is 1.93 bits per heavy atom. The number of carbonyl (C=O) groups excluding carboxylic acids is 1. The van der Waals surface area contributed by atoms with Crippen molar-refractivity contribution in [1.82, 2.24) is 14.5 Å². The molecule has 4 aromatic rings. The van der Waals surface area contributed by atoms with Gasteiger partial charge in [0.15, 0.2) is 0 Å². The van der Waals surface area contributed by atoms with Crippen LogP contribution in [0.2, 0.25) is 10.0 Å². The first-order chi connectivity index (χ1) is 19.8. The minimum atomic E-state index is -1.12. The second-order valence-electron chi connectivity index (χ2n) is 12.2. The molecule has 3 aromatic carbocycles. The SMILES string of the molecule is CN(C)c1ccc2c(c1)nc1n2CC[C@H]2[C@@H]1[C@H](c1cccc(Cl)c1F)[C@]1(C(=O)Nc3cc(Cl)ccc31)N2CC1CC1. The summed E-state index contributed by atoms with van der Waals surface area (Å²) < 4.78 is 18.5. The van der Waals surface area contributed by atoms with Crippen LogP contribution < -0.4 is 10.2 Å². The molecule has 9 heteroatoms. The average molecular weight is 591 g/mol. The number of aromatic nitrogens is 2. The van der Waals surface area contributed by atoms with E-state index in [9.17, 15) is 4.79 Å². The van der Waals surface area contributed by atoms with Gasteiger partial charge in [0.25, 0.3) is 0 Å². The van der Waals surface area contributed by atoms with Crippen molar-refractivity contribution in [3.63, 3.8) is 0 Å². The Labute approximate surface area is 248 Å². The Bertz CT molecular complexity index is 1750. The average Bonchev–Trinajstić information content (AvgIpc) is 3.53. The predicted octanol–water partition coefficient (Wildman–Crippen LogP) is 6.76. The number of nitrogens with one attached hydrogen (secondary N) is 1. The lowest BCUT2D eigenvalue weighted by atomic mass is 9.70. The summed E-state index contributed by atoms with van der Waals surface area (Å²) in [6.07, 6.45) is 3.12. The van der Waals surface area contributed by atoms with E-state index in [-0.39, 0.29) is 22.9 Å². The summed E-state index contributed by atoms with van der Waals surface area (Å²) in [4.78, 5) is 24.2. The normalized spacial score (nSPS) is 26.8. The van der Waals surface area contributed by atoms with E-state index in [0.29, 0.717) is 22.2 Å². The van der Waals surface area contributed by atoms with Crippen molar-refractivity contribution in [3.8, 4) is 0 Å². The smallest absolute Gasteiger partial charge is 0.250 e. The van der Waals surface area contributed by atoms with Crippen molar-refractivity contribution >= 4 is 51.5 Å². The minimum absolute atomic E-state index is 0.00370. The third kappa shape index (κ3) is 3.52. The third-order valence-corrected chi connectivity index (χ3v) is 10.3. The van der Waals surface area contributed by atoms with Crippen LogP contribution in [0.15, 0.2) is 54.6 Å². The summed E-state index contributed by atoms with van der Waals surface area (Å²) in [5, 5.41) is 3.77. The van der Waals surface area contributed by atoms with E-state index in [1.807, 2.05) is 32.3 Å². The van der Waals surface area contributed by atoms with Gasteiger partial charge in [-0.25, -0.2) is 9.37 Å².